The average Bonchev–Trinajstić information content (AvgIpc) is 2.75. The van der Waals surface area contributed by atoms with Crippen molar-refractivity contribution in [3.8, 4) is 17.2 Å². The van der Waals surface area contributed by atoms with Gasteiger partial charge in [0.15, 0.2) is 17.1 Å². The molecule has 2 N–H and O–H groups in total. The minimum absolute atomic E-state index is 0.320. The van der Waals surface area contributed by atoms with E-state index in [0.717, 1.165) is 0 Å². The highest BCUT2D eigenvalue weighted by Gasteiger charge is 2.17. The lowest BCUT2D eigenvalue weighted by molar-refractivity contribution is 0.380. The van der Waals surface area contributed by atoms with Crippen molar-refractivity contribution in [1.82, 2.24) is 19.5 Å². The summed E-state index contributed by atoms with van der Waals surface area (Å²) in [6.07, 6.45) is 3.09. The van der Waals surface area contributed by atoms with Crippen molar-refractivity contribution in [3.63, 3.8) is 0 Å². The predicted molar refractivity (Wildman–Crippen MR) is 78.8 cm³/mol. The Morgan fingerprint density at radius 2 is 2.14 bits per heavy atom. The molecule has 0 unspecified atom stereocenters. The Balaban J connectivity index is 2.12. The lowest BCUT2D eigenvalue weighted by atomic mass is 10.3. The number of ether oxygens (including phenoxy) is 2. The summed E-state index contributed by atoms with van der Waals surface area (Å²) in [4.78, 5) is 12.3. The molecule has 0 saturated heterocycles. The number of pyridine rings is 2. The molecule has 21 heavy (non-hydrogen) atoms. The van der Waals surface area contributed by atoms with Gasteiger partial charge in [-0.3, -0.25) is 0 Å². The largest absolute Gasteiger partial charge is 0.491 e. The first-order valence-corrected chi connectivity index (χ1v) is 6.42. The molecular weight excluding hydrogens is 294 g/mol. The molecule has 3 rings (SSSR count). The van der Waals surface area contributed by atoms with Gasteiger partial charge in [-0.15, -0.1) is 0 Å². The summed E-state index contributed by atoms with van der Waals surface area (Å²) in [7, 11) is 3.32. The smallest absolute Gasteiger partial charge is 0.205 e. The third-order valence-corrected chi connectivity index (χ3v) is 3.29. The van der Waals surface area contributed by atoms with Crippen molar-refractivity contribution in [2.75, 3.05) is 12.8 Å². The fourth-order valence-corrected chi connectivity index (χ4v) is 2.15. The predicted octanol–water partition coefficient (Wildman–Crippen LogP) is 2.40. The zero-order chi connectivity index (χ0) is 15.0. The number of aryl methyl sites for hydroxylation is 1. The summed E-state index contributed by atoms with van der Waals surface area (Å²) in [5, 5.41) is 0.320. The molecule has 0 aliphatic carbocycles. The number of rotatable bonds is 3. The maximum Gasteiger partial charge on any atom is 0.205 e. The number of hydrogen-bond donors (Lipinski definition) is 1. The highest BCUT2D eigenvalue weighted by Crippen LogP contribution is 2.37. The first-order valence-electron chi connectivity index (χ1n) is 6.04. The Morgan fingerprint density at radius 1 is 1.33 bits per heavy atom. The van der Waals surface area contributed by atoms with Gasteiger partial charge in [0.05, 0.1) is 13.3 Å². The molecule has 8 heteroatoms. The zero-order valence-electron chi connectivity index (χ0n) is 11.4. The van der Waals surface area contributed by atoms with Crippen LogP contribution < -0.4 is 15.2 Å². The third-order valence-electron chi connectivity index (χ3n) is 2.95. The number of halogens is 1. The second-order valence-corrected chi connectivity index (χ2v) is 4.62. The Kier molecular flexibility index (Phi) is 3.26. The third kappa shape index (κ3) is 2.31. The number of aromatic nitrogens is 4. The molecule has 0 atom stereocenters. The Hall–Kier alpha value is -2.54. The molecule has 3 heterocycles. The van der Waals surface area contributed by atoms with Crippen LogP contribution in [0.2, 0.25) is 5.28 Å². The molecule has 3 aromatic heterocycles. The fourth-order valence-electron chi connectivity index (χ4n) is 1.98. The molecule has 3 aromatic rings. The second-order valence-electron chi connectivity index (χ2n) is 4.29. The molecule has 0 saturated carbocycles. The van der Waals surface area contributed by atoms with Crippen molar-refractivity contribution in [2.24, 2.45) is 7.05 Å². The molecule has 0 aromatic carbocycles. The average molecular weight is 306 g/mol. The van der Waals surface area contributed by atoms with Crippen LogP contribution in [0.25, 0.3) is 11.2 Å². The van der Waals surface area contributed by atoms with E-state index in [9.17, 15) is 0 Å². The molecular formula is C13H12ClN5O2. The molecule has 0 radical (unpaired) electrons. The summed E-state index contributed by atoms with van der Waals surface area (Å²) in [5.74, 6) is 1.84. The summed E-state index contributed by atoms with van der Waals surface area (Å²) < 4.78 is 12.9. The van der Waals surface area contributed by atoms with Crippen LogP contribution in [-0.2, 0) is 7.05 Å². The minimum Gasteiger partial charge on any atom is -0.491 e. The monoisotopic (exact) mass is 305 g/mol. The number of hydrogen-bond acceptors (Lipinski definition) is 6. The maximum absolute atomic E-state index is 6.01. The van der Waals surface area contributed by atoms with Crippen molar-refractivity contribution >= 4 is 28.6 Å². The number of nitrogens with zero attached hydrogens (tertiary/aromatic N) is 4. The SMILES string of the molecule is COc1c(Oc2ccnc(N)c2)cnc2nc(Cl)n(C)c12. The van der Waals surface area contributed by atoms with E-state index in [2.05, 4.69) is 15.0 Å². The Morgan fingerprint density at radius 3 is 2.86 bits per heavy atom. The highest BCUT2D eigenvalue weighted by molar-refractivity contribution is 6.29. The molecule has 0 aliphatic rings. The van der Waals surface area contributed by atoms with E-state index in [1.807, 2.05) is 0 Å². The van der Waals surface area contributed by atoms with Gasteiger partial charge in [0.1, 0.15) is 17.1 Å². The van der Waals surface area contributed by atoms with Gasteiger partial charge < -0.3 is 19.8 Å². The van der Waals surface area contributed by atoms with Crippen LogP contribution in [0.4, 0.5) is 5.82 Å². The molecule has 7 nitrogen and oxygen atoms in total. The van der Waals surface area contributed by atoms with Crippen LogP contribution >= 0.6 is 11.6 Å². The topological polar surface area (TPSA) is 88.1 Å². The van der Waals surface area contributed by atoms with E-state index < -0.39 is 0 Å². The van der Waals surface area contributed by atoms with Gasteiger partial charge in [0.25, 0.3) is 0 Å². The molecule has 0 bridgehead atoms. The minimum atomic E-state index is 0.320. The van der Waals surface area contributed by atoms with Gasteiger partial charge in [0, 0.05) is 19.3 Å². The normalized spacial score (nSPS) is 10.8. The van der Waals surface area contributed by atoms with E-state index in [4.69, 9.17) is 26.8 Å². The zero-order valence-corrected chi connectivity index (χ0v) is 12.1. The van der Waals surface area contributed by atoms with Crippen LogP contribution in [0.3, 0.4) is 0 Å². The first-order chi connectivity index (χ1) is 10.1. The summed E-state index contributed by atoms with van der Waals surface area (Å²) in [5.41, 5.74) is 6.77. The van der Waals surface area contributed by atoms with Crippen LogP contribution in [0.1, 0.15) is 0 Å². The van der Waals surface area contributed by atoms with Crippen molar-refractivity contribution in [1.29, 1.82) is 0 Å². The van der Waals surface area contributed by atoms with Gasteiger partial charge in [-0.2, -0.15) is 4.98 Å². The van der Waals surface area contributed by atoms with Gasteiger partial charge in [0.2, 0.25) is 5.28 Å². The molecule has 108 valence electrons. The maximum atomic E-state index is 6.01. The molecule has 0 amide bonds. The van der Waals surface area contributed by atoms with Gasteiger partial charge in [-0.1, -0.05) is 0 Å². The number of fused-ring (bicyclic) bond motifs is 1. The molecule has 0 aliphatic heterocycles. The number of anilines is 1. The van der Waals surface area contributed by atoms with Crippen LogP contribution in [0.5, 0.6) is 17.2 Å². The van der Waals surface area contributed by atoms with Crippen LogP contribution in [-0.4, -0.2) is 26.6 Å². The van der Waals surface area contributed by atoms with E-state index in [0.29, 0.717) is 39.5 Å². The van der Waals surface area contributed by atoms with Crippen LogP contribution in [0, 0.1) is 0 Å². The first kappa shape index (κ1) is 13.4. The summed E-state index contributed by atoms with van der Waals surface area (Å²) in [6, 6.07) is 3.30. The quantitative estimate of drug-likeness (QED) is 0.799. The van der Waals surface area contributed by atoms with E-state index >= 15 is 0 Å². The number of nitrogen functional groups attached to an aromatic ring is 1. The second kappa shape index (κ2) is 5.10. The van der Waals surface area contributed by atoms with Crippen LogP contribution in [0.15, 0.2) is 24.5 Å². The molecule has 0 spiro atoms. The highest BCUT2D eigenvalue weighted by atomic mass is 35.5. The number of nitrogens with two attached hydrogens (primary N) is 1. The lowest BCUT2D eigenvalue weighted by Gasteiger charge is -2.11. The fraction of sp³-hybridized carbons (Fsp3) is 0.154. The summed E-state index contributed by atoms with van der Waals surface area (Å²) in [6.45, 7) is 0. The van der Waals surface area contributed by atoms with Gasteiger partial charge >= 0.3 is 0 Å². The van der Waals surface area contributed by atoms with Crippen molar-refractivity contribution in [2.45, 2.75) is 0 Å². The summed E-state index contributed by atoms with van der Waals surface area (Å²) >= 11 is 6.01. The number of methoxy groups -OCH3 is 1. The Bertz CT molecular complexity index is 818. The van der Waals surface area contributed by atoms with Crippen molar-refractivity contribution in [3.05, 3.63) is 29.8 Å². The Labute approximate surface area is 125 Å². The number of imidazole rings is 1. The van der Waals surface area contributed by atoms with Gasteiger partial charge in [-0.25, -0.2) is 9.97 Å². The standard InChI is InChI=1S/C13H12ClN5O2/c1-19-10-11(20-2)8(6-17-12(10)18-13(19)14)21-7-3-4-16-9(15)5-7/h3-6H,1-2H3,(H2,15,16). The van der Waals surface area contributed by atoms with Crippen molar-refractivity contribution < 1.29 is 9.47 Å². The van der Waals surface area contributed by atoms with E-state index in [-0.39, 0.29) is 0 Å². The van der Waals surface area contributed by atoms with E-state index in [1.54, 1.807) is 37.1 Å². The molecule has 0 fully saturated rings. The van der Waals surface area contributed by atoms with Gasteiger partial charge in [-0.05, 0) is 17.7 Å². The van der Waals surface area contributed by atoms with E-state index in [1.165, 1.54) is 6.20 Å². The lowest BCUT2D eigenvalue weighted by Crippen LogP contribution is -1.97.